The fourth-order valence-corrected chi connectivity index (χ4v) is 2.51. The van der Waals surface area contributed by atoms with Gasteiger partial charge in [-0.05, 0) is 24.5 Å². The highest BCUT2D eigenvalue weighted by Crippen LogP contribution is 2.26. The molecule has 0 fully saturated rings. The fraction of sp³-hybridized carbons (Fsp3) is 0.312. The number of Topliss-reactive ketones (excluding diaryl/α,β-unsaturated/α-hetero) is 2. The number of rotatable bonds is 3. The highest BCUT2D eigenvalue weighted by Gasteiger charge is 2.23. The van der Waals surface area contributed by atoms with Crippen molar-refractivity contribution >= 4 is 17.8 Å². The van der Waals surface area contributed by atoms with Crippen LogP contribution in [0, 0.1) is 0 Å². The standard InChI is InChI=1S/C16H15NO3/c18-14-7-2-1-6-13(14)16(19)12-5-3-4-11(10-12)15-8-9-17-20-15/h3-6,9-10,15H,1-2,7-8H2. The van der Waals surface area contributed by atoms with Crippen molar-refractivity contribution < 1.29 is 14.4 Å². The van der Waals surface area contributed by atoms with Gasteiger partial charge >= 0.3 is 0 Å². The molecule has 2 aliphatic rings. The molecule has 1 aromatic rings. The van der Waals surface area contributed by atoms with E-state index in [-0.39, 0.29) is 17.7 Å². The maximum atomic E-state index is 12.4. The van der Waals surface area contributed by atoms with Crippen LogP contribution in [0.15, 0.2) is 41.1 Å². The maximum absolute atomic E-state index is 12.4. The van der Waals surface area contributed by atoms with E-state index in [1.165, 1.54) is 0 Å². The van der Waals surface area contributed by atoms with Crippen molar-refractivity contribution in [3.05, 3.63) is 47.0 Å². The molecule has 20 heavy (non-hydrogen) atoms. The van der Waals surface area contributed by atoms with Gasteiger partial charge in [0.25, 0.3) is 0 Å². The van der Waals surface area contributed by atoms with E-state index in [1.807, 2.05) is 12.1 Å². The Morgan fingerprint density at radius 2 is 2.25 bits per heavy atom. The Morgan fingerprint density at radius 3 is 3.00 bits per heavy atom. The number of ketones is 2. The third-order valence-electron chi connectivity index (χ3n) is 3.60. The molecule has 0 radical (unpaired) electrons. The average molecular weight is 269 g/mol. The number of oxime groups is 1. The molecule has 1 atom stereocenters. The SMILES string of the molecule is O=C1CCCC=C1C(=O)c1cccc(C2CC=NO2)c1. The van der Waals surface area contributed by atoms with Crippen molar-refractivity contribution in [2.75, 3.05) is 0 Å². The molecule has 0 spiro atoms. The number of nitrogens with zero attached hydrogens (tertiary/aromatic N) is 1. The van der Waals surface area contributed by atoms with Gasteiger partial charge in [-0.25, -0.2) is 0 Å². The lowest BCUT2D eigenvalue weighted by atomic mass is 9.91. The lowest BCUT2D eigenvalue weighted by Gasteiger charge is -2.12. The van der Waals surface area contributed by atoms with Crippen LogP contribution < -0.4 is 0 Å². The molecule has 1 aromatic carbocycles. The first-order valence-electron chi connectivity index (χ1n) is 6.81. The lowest BCUT2D eigenvalue weighted by molar-refractivity contribution is -0.115. The van der Waals surface area contributed by atoms with Crippen LogP contribution in [0.5, 0.6) is 0 Å². The second-order valence-electron chi connectivity index (χ2n) is 5.01. The Balaban J connectivity index is 1.86. The molecule has 1 heterocycles. The largest absolute Gasteiger partial charge is 0.388 e. The summed E-state index contributed by atoms with van der Waals surface area (Å²) in [4.78, 5) is 29.4. The van der Waals surface area contributed by atoms with Gasteiger partial charge in [-0.15, -0.1) is 0 Å². The minimum absolute atomic E-state index is 0.0490. The first kappa shape index (κ1) is 12.8. The maximum Gasteiger partial charge on any atom is 0.196 e. The quantitative estimate of drug-likeness (QED) is 0.626. The van der Waals surface area contributed by atoms with E-state index in [9.17, 15) is 9.59 Å². The predicted octanol–water partition coefficient (Wildman–Crippen LogP) is 3.00. The Morgan fingerprint density at radius 1 is 1.35 bits per heavy atom. The molecular weight excluding hydrogens is 254 g/mol. The molecular formula is C16H15NO3. The molecule has 0 aromatic heterocycles. The van der Waals surface area contributed by atoms with Crippen LogP contribution in [0.4, 0.5) is 0 Å². The summed E-state index contributed by atoms with van der Waals surface area (Å²) in [7, 11) is 0. The minimum Gasteiger partial charge on any atom is -0.388 e. The zero-order valence-corrected chi connectivity index (χ0v) is 11.0. The average Bonchev–Trinajstić information content (AvgIpc) is 3.01. The van der Waals surface area contributed by atoms with Gasteiger partial charge in [0.05, 0.1) is 5.57 Å². The van der Waals surface area contributed by atoms with Crippen LogP contribution in [0.1, 0.15) is 47.7 Å². The van der Waals surface area contributed by atoms with Crippen LogP contribution in [0.25, 0.3) is 0 Å². The monoisotopic (exact) mass is 269 g/mol. The normalized spacial score (nSPS) is 21.5. The first-order chi connectivity index (χ1) is 9.75. The van der Waals surface area contributed by atoms with Gasteiger partial charge < -0.3 is 4.84 Å². The Hall–Kier alpha value is -2.23. The Kier molecular flexibility index (Phi) is 3.46. The zero-order valence-electron chi connectivity index (χ0n) is 11.0. The molecule has 0 saturated heterocycles. The van der Waals surface area contributed by atoms with E-state index in [2.05, 4.69) is 5.16 Å². The molecule has 1 unspecified atom stereocenters. The summed E-state index contributed by atoms with van der Waals surface area (Å²) < 4.78 is 0. The van der Waals surface area contributed by atoms with Crippen molar-refractivity contribution in [1.29, 1.82) is 0 Å². The van der Waals surface area contributed by atoms with Gasteiger partial charge in [-0.1, -0.05) is 29.4 Å². The van der Waals surface area contributed by atoms with Crippen LogP contribution in [-0.4, -0.2) is 17.8 Å². The van der Waals surface area contributed by atoms with Gasteiger partial charge in [0, 0.05) is 24.6 Å². The van der Waals surface area contributed by atoms with Gasteiger partial charge in [-0.3, -0.25) is 9.59 Å². The number of carbonyl (C=O) groups excluding carboxylic acids is 2. The predicted molar refractivity (Wildman–Crippen MR) is 74.6 cm³/mol. The number of benzene rings is 1. The van der Waals surface area contributed by atoms with Crippen LogP contribution in [0.3, 0.4) is 0 Å². The van der Waals surface area contributed by atoms with Gasteiger partial charge in [-0.2, -0.15) is 0 Å². The Labute approximate surface area is 117 Å². The summed E-state index contributed by atoms with van der Waals surface area (Å²) in [5.41, 5.74) is 1.79. The van der Waals surface area contributed by atoms with Crippen molar-refractivity contribution in [2.45, 2.75) is 31.8 Å². The molecule has 0 amide bonds. The topological polar surface area (TPSA) is 55.7 Å². The molecule has 4 heteroatoms. The lowest BCUT2D eigenvalue weighted by Crippen LogP contribution is -2.16. The smallest absolute Gasteiger partial charge is 0.196 e. The molecule has 1 aliphatic carbocycles. The third kappa shape index (κ3) is 2.41. The summed E-state index contributed by atoms with van der Waals surface area (Å²) in [6, 6.07) is 7.26. The summed E-state index contributed by atoms with van der Waals surface area (Å²) in [5, 5.41) is 3.74. The van der Waals surface area contributed by atoms with Crippen LogP contribution in [0.2, 0.25) is 0 Å². The molecule has 0 N–H and O–H groups in total. The highest BCUT2D eigenvalue weighted by molar-refractivity contribution is 6.26. The summed E-state index contributed by atoms with van der Waals surface area (Å²) in [6.07, 6.45) is 6.16. The van der Waals surface area contributed by atoms with Gasteiger partial charge in [0.15, 0.2) is 17.7 Å². The number of allylic oxidation sites excluding steroid dienone is 2. The van der Waals surface area contributed by atoms with Gasteiger partial charge in [0.2, 0.25) is 0 Å². The summed E-state index contributed by atoms with van der Waals surface area (Å²) in [6.45, 7) is 0. The van der Waals surface area contributed by atoms with Crippen molar-refractivity contribution in [3.63, 3.8) is 0 Å². The van der Waals surface area contributed by atoms with E-state index in [1.54, 1.807) is 24.4 Å². The third-order valence-corrected chi connectivity index (χ3v) is 3.60. The highest BCUT2D eigenvalue weighted by atomic mass is 16.6. The number of hydrogen-bond acceptors (Lipinski definition) is 4. The van der Waals surface area contributed by atoms with Gasteiger partial charge in [0.1, 0.15) is 0 Å². The zero-order chi connectivity index (χ0) is 13.9. The molecule has 1 aliphatic heterocycles. The van der Waals surface area contributed by atoms with E-state index in [0.717, 1.165) is 18.4 Å². The van der Waals surface area contributed by atoms with Crippen molar-refractivity contribution in [1.82, 2.24) is 0 Å². The number of hydrogen-bond donors (Lipinski definition) is 0. The second kappa shape index (κ2) is 5.41. The van der Waals surface area contributed by atoms with E-state index < -0.39 is 0 Å². The summed E-state index contributed by atoms with van der Waals surface area (Å²) >= 11 is 0. The minimum atomic E-state index is -0.185. The second-order valence-corrected chi connectivity index (χ2v) is 5.01. The van der Waals surface area contributed by atoms with Crippen LogP contribution in [-0.2, 0) is 9.63 Å². The molecule has 4 nitrogen and oxygen atoms in total. The molecule has 0 bridgehead atoms. The van der Waals surface area contributed by atoms with E-state index in [4.69, 9.17) is 4.84 Å². The van der Waals surface area contributed by atoms with E-state index >= 15 is 0 Å². The summed E-state index contributed by atoms with van der Waals surface area (Å²) in [5.74, 6) is -0.234. The van der Waals surface area contributed by atoms with Crippen LogP contribution >= 0.6 is 0 Å². The Bertz CT molecular complexity index is 608. The molecule has 102 valence electrons. The van der Waals surface area contributed by atoms with E-state index in [0.29, 0.717) is 24.0 Å². The molecule has 0 saturated carbocycles. The van der Waals surface area contributed by atoms with Crippen molar-refractivity contribution in [2.24, 2.45) is 5.16 Å². The van der Waals surface area contributed by atoms with Crippen molar-refractivity contribution in [3.8, 4) is 0 Å². The molecule has 3 rings (SSSR count). The fourth-order valence-electron chi connectivity index (χ4n) is 2.51. The first-order valence-corrected chi connectivity index (χ1v) is 6.81. The number of carbonyl (C=O) groups is 2.